The predicted molar refractivity (Wildman–Crippen MR) is 105 cm³/mol. The molecule has 25 heavy (non-hydrogen) atoms. The number of ether oxygens (including phenoxy) is 1. The molecule has 3 aromatic rings. The van der Waals surface area contributed by atoms with Crippen LogP contribution in [0.15, 0.2) is 41.2 Å². The SMILES string of the molecule is CN(C)CCCCCOc1ccc2[nH]c3cc(Cl)ccc3c(=O)c2c1. The molecule has 0 fully saturated rings. The normalized spacial score (nSPS) is 11.5. The monoisotopic (exact) mass is 358 g/mol. The van der Waals surface area contributed by atoms with Gasteiger partial charge in [-0.1, -0.05) is 11.6 Å². The molecular weight excluding hydrogens is 336 g/mol. The Hall–Kier alpha value is -2.04. The molecule has 0 atom stereocenters. The number of rotatable bonds is 7. The van der Waals surface area contributed by atoms with Gasteiger partial charge >= 0.3 is 0 Å². The maximum atomic E-state index is 12.7. The predicted octanol–water partition coefficient (Wildman–Crippen LogP) is 4.45. The fraction of sp³-hybridized carbons (Fsp3) is 0.350. The zero-order chi connectivity index (χ0) is 17.8. The van der Waals surface area contributed by atoms with Gasteiger partial charge in [0.1, 0.15) is 5.75 Å². The number of unbranched alkanes of at least 4 members (excludes halogenated alkanes) is 2. The maximum Gasteiger partial charge on any atom is 0.197 e. The summed E-state index contributed by atoms with van der Waals surface area (Å²) >= 11 is 6.01. The van der Waals surface area contributed by atoms with Crippen LogP contribution in [0, 0.1) is 0 Å². The van der Waals surface area contributed by atoms with E-state index in [1.165, 1.54) is 6.42 Å². The van der Waals surface area contributed by atoms with Crippen LogP contribution in [0.25, 0.3) is 21.8 Å². The molecule has 0 aliphatic heterocycles. The van der Waals surface area contributed by atoms with Gasteiger partial charge < -0.3 is 14.6 Å². The van der Waals surface area contributed by atoms with Crippen molar-refractivity contribution in [2.45, 2.75) is 19.3 Å². The second kappa shape index (κ2) is 7.89. The van der Waals surface area contributed by atoms with Crippen LogP contribution < -0.4 is 10.2 Å². The minimum absolute atomic E-state index is 0.00292. The number of benzene rings is 2. The lowest BCUT2D eigenvalue weighted by Crippen LogP contribution is -2.13. The van der Waals surface area contributed by atoms with Gasteiger partial charge in [0, 0.05) is 15.8 Å². The number of pyridine rings is 1. The minimum atomic E-state index is -0.00292. The molecule has 0 aliphatic rings. The number of aromatic amines is 1. The van der Waals surface area contributed by atoms with E-state index in [0.29, 0.717) is 22.4 Å². The molecule has 2 aromatic carbocycles. The van der Waals surface area contributed by atoms with Crippen LogP contribution in [0.4, 0.5) is 0 Å². The van der Waals surface area contributed by atoms with E-state index in [1.54, 1.807) is 18.2 Å². The number of halogens is 1. The first-order valence-electron chi connectivity index (χ1n) is 8.57. The van der Waals surface area contributed by atoms with Crippen molar-refractivity contribution in [1.29, 1.82) is 0 Å². The van der Waals surface area contributed by atoms with Gasteiger partial charge in [-0.3, -0.25) is 4.79 Å². The highest BCUT2D eigenvalue weighted by Gasteiger charge is 2.07. The van der Waals surface area contributed by atoms with E-state index in [9.17, 15) is 4.79 Å². The van der Waals surface area contributed by atoms with Crippen LogP contribution in [0.5, 0.6) is 5.75 Å². The van der Waals surface area contributed by atoms with E-state index in [1.807, 2.05) is 18.2 Å². The van der Waals surface area contributed by atoms with Gasteiger partial charge in [-0.05, 0) is 76.3 Å². The molecule has 0 unspecified atom stereocenters. The fourth-order valence-electron chi connectivity index (χ4n) is 2.91. The summed E-state index contributed by atoms with van der Waals surface area (Å²) in [5, 5.41) is 1.88. The van der Waals surface area contributed by atoms with Gasteiger partial charge in [-0.2, -0.15) is 0 Å². The molecular formula is C20H23ClN2O2. The topological polar surface area (TPSA) is 45.3 Å². The zero-order valence-electron chi connectivity index (χ0n) is 14.6. The van der Waals surface area contributed by atoms with Gasteiger partial charge in [0.2, 0.25) is 0 Å². The number of H-pyrrole nitrogens is 1. The van der Waals surface area contributed by atoms with E-state index in [-0.39, 0.29) is 5.43 Å². The Kier molecular flexibility index (Phi) is 5.61. The van der Waals surface area contributed by atoms with Crippen molar-refractivity contribution >= 4 is 33.4 Å². The van der Waals surface area contributed by atoms with E-state index in [2.05, 4.69) is 24.0 Å². The lowest BCUT2D eigenvalue weighted by atomic mass is 10.1. The molecule has 0 spiro atoms. The molecule has 0 saturated heterocycles. The second-order valence-corrected chi connectivity index (χ2v) is 7.00. The third-order valence-corrected chi connectivity index (χ3v) is 4.48. The molecule has 3 rings (SSSR count). The highest BCUT2D eigenvalue weighted by atomic mass is 35.5. The van der Waals surface area contributed by atoms with E-state index in [4.69, 9.17) is 16.3 Å². The highest BCUT2D eigenvalue weighted by molar-refractivity contribution is 6.31. The molecule has 0 saturated carbocycles. The molecule has 0 aliphatic carbocycles. The Morgan fingerprint density at radius 2 is 1.84 bits per heavy atom. The van der Waals surface area contributed by atoms with Crippen molar-refractivity contribution in [3.8, 4) is 5.75 Å². The number of nitrogens with zero attached hydrogens (tertiary/aromatic N) is 1. The first-order valence-corrected chi connectivity index (χ1v) is 8.95. The molecule has 5 heteroatoms. The summed E-state index contributed by atoms with van der Waals surface area (Å²) in [5.41, 5.74) is 1.54. The molecule has 0 amide bonds. The van der Waals surface area contributed by atoms with Crippen LogP contribution >= 0.6 is 11.6 Å². The van der Waals surface area contributed by atoms with Crippen molar-refractivity contribution in [2.75, 3.05) is 27.2 Å². The average Bonchev–Trinajstić information content (AvgIpc) is 2.58. The highest BCUT2D eigenvalue weighted by Crippen LogP contribution is 2.22. The van der Waals surface area contributed by atoms with E-state index >= 15 is 0 Å². The van der Waals surface area contributed by atoms with Crippen molar-refractivity contribution < 1.29 is 4.74 Å². The molecule has 132 valence electrons. The van der Waals surface area contributed by atoms with Crippen LogP contribution in [-0.4, -0.2) is 37.1 Å². The van der Waals surface area contributed by atoms with Gasteiger partial charge in [0.25, 0.3) is 0 Å². The van der Waals surface area contributed by atoms with E-state index in [0.717, 1.165) is 36.2 Å². The average molecular weight is 359 g/mol. The van der Waals surface area contributed by atoms with Gasteiger partial charge in [0.05, 0.1) is 17.6 Å². The maximum absolute atomic E-state index is 12.7. The van der Waals surface area contributed by atoms with Crippen molar-refractivity contribution in [1.82, 2.24) is 9.88 Å². The van der Waals surface area contributed by atoms with Gasteiger partial charge in [0.15, 0.2) is 5.43 Å². The zero-order valence-corrected chi connectivity index (χ0v) is 15.4. The van der Waals surface area contributed by atoms with Crippen molar-refractivity contribution in [3.63, 3.8) is 0 Å². The van der Waals surface area contributed by atoms with Crippen LogP contribution in [0.3, 0.4) is 0 Å². The van der Waals surface area contributed by atoms with Gasteiger partial charge in [-0.25, -0.2) is 0 Å². The largest absolute Gasteiger partial charge is 0.494 e. The van der Waals surface area contributed by atoms with Crippen LogP contribution in [0.1, 0.15) is 19.3 Å². The number of fused-ring (bicyclic) bond motifs is 2. The molecule has 4 nitrogen and oxygen atoms in total. The molecule has 1 N–H and O–H groups in total. The Balaban J connectivity index is 1.74. The molecule has 0 bridgehead atoms. The molecule has 1 heterocycles. The Morgan fingerprint density at radius 1 is 1.00 bits per heavy atom. The number of nitrogens with one attached hydrogen (secondary N) is 1. The third-order valence-electron chi connectivity index (χ3n) is 4.25. The molecule has 1 aromatic heterocycles. The molecule has 0 radical (unpaired) electrons. The number of hydrogen-bond donors (Lipinski definition) is 1. The first-order chi connectivity index (χ1) is 12.0. The lowest BCUT2D eigenvalue weighted by Gasteiger charge is -2.10. The van der Waals surface area contributed by atoms with Crippen molar-refractivity contribution in [2.24, 2.45) is 0 Å². The number of hydrogen-bond acceptors (Lipinski definition) is 3. The second-order valence-electron chi connectivity index (χ2n) is 6.56. The van der Waals surface area contributed by atoms with E-state index < -0.39 is 0 Å². The summed E-state index contributed by atoms with van der Waals surface area (Å²) in [6.45, 7) is 1.77. The van der Waals surface area contributed by atoms with Crippen LogP contribution in [-0.2, 0) is 0 Å². The summed E-state index contributed by atoms with van der Waals surface area (Å²) in [5.74, 6) is 0.735. The Morgan fingerprint density at radius 3 is 2.64 bits per heavy atom. The number of aromatic nitrogens is 1. The Bertz CT molecular complexity index is 934. The summed E-state index contributed by atoms with van der Waals surface area (Å²) in [7, 11) is 4.17. The summed E-state index contributed by atoms with van der Waals surface area (Å²) in [6.07, 6.45) is 3.32. The Labute approximate surface area is 152 Å². The van der Waals surface area contributed by atoms with Gasteiger partial charge in [-0.15, -0.1) is 0 Å². The quantitative estimate of drug-likeness (QED) is 0.501. The summed E-state index contributed by atoms with van der Waals surface area (Å²) in [4.78, 5) is 18.2. The third kappa shape index (κ3) is 4.33. The standard InChI is InChI=1S/C20H23ClN2O2/c1-23(2)10-4-3-5-11-25-15-7-9-18-17(13-15)20(24)16-8-6-14(21)12-19(16)22-18/h6-9,12-13H,3-5,10-11H2,1-2H3,(H,22,24). The summed E-state index contributed by atoms with van der Waals surface area (Å²) in [6, 6.07) is 10.9. The minimum Gasteiger partial charge on any atom is -0.494 e. The smallest absolute Gasteiger partial charge is 0.197 e. The summed E-state index contributed by atoms with van der Waals surface area (Å²) < 4.78 is 5.82. The van der Waals surface area contributed by atoms with Crippen molar-refractivity contribution in [3.05, 3.63) is 51.6 Å². The van der Waals surface area contributed by atoms with Crippen LogP contribution in [0.2, 0.25) is 5.02 Å². The first kappa shape index (κ1) is 17.8. The fourth-order valence-corrected chi connectivity index (χ4v) is 3.09. The lowest BCUT2D eigenvalue weighted by molar-refractivity contribution is 0.299.